The summed E-state index contributed by atoms with van der Waals surface area (Å²) in [6.07, 6.45) is 4.93. The number of aromatic nitrogens is 4. The van der Waals surface area contributed by atoms with E-state index in [0.29, 0.717) is 10.7 Å². The summed E-state index contributed by atoms with van der Waals surface area (Å²) in [4.78, 5) is 8.47. The second-order valence-electron chi connectivity index (χ2n) is 3.68. The maximum atomic E-state index is 6.07. The van der Waals surface area contributed by atoms with Gasteiger partial charge in [-0.2, -0.15) is 5.10 Å². The van der Waals surface area contributed by atoms with E-state index in [1.165, 1.54) is 0 Å². The van der Waals surface area contributed by atoms with Crippen LogP contribution in [0, 0.1) is 6.92 Å². The average molecular weight is 253 g/mol. The first-order chi connectivity index (χ1) is 8.13. The quantitative estimate of drug-likeness (QED) is 0.622. The van der Waals surface area contributed by atoms with Crippen molar-refractivity contribution < 1.29 is 0 Å². The van der Waals surface area contributed by atoms with Crippen LogP contribution in [0.5, 0.6) is 0 Å². The maximum Gasteiger partial charge on any atom is 0.108 e. The Morgan fingerprint density at radius 3 is 2.59 bits per heavy atom. The Labute approximate surface area is 104 Å². The Morgan fingerprint density at radius 2 is 2.12 bits per heavy atom. The van der Waals surface area contributed by atoms with Crippen LogP contribution in [-0.2, 0) is 7.05 Å². The Hall–Kier alpha value is -1.50. The van der Waals surface area contributed by atoms with Gasteiger partial charge in [-0.05, 0) is 6.92 Å². The van der Waals surface area contributed by atoms with Crippen LogP contribution in [0.3, 0.4) is 0 Å². The lowest BCUT2D eigenvalue weighted by Crippen LogP contribution is -2.31. The van der Waals surface area contributed by atoms with Crippen molar-refractivity contribution in [3.8, 4) is 0 Å². The Kier molecular flexibility index (Phi) is 3.37. The molecule has 2 rings (SSSR count). The molecule has 0 saturated heterocycles. The van der Waals surface area contributed by atoms with Crippen LogP contribution in [0.15, 0.2) is 18.6 Å². The largest absolute Gasteiger partial charge is 0.270 e. The van der Waals surface area contributed by atoms with Gasteiger partial charge in [-0.1, -0.05) is 11.6 Å². The van der Waals surface area contributed by atoms with E-state index in [4.69, 9.17) is 17.4 Å². The normalized spacial score (nSPS) is 12.7. The highest BCUT2D eigenvalue weighted by atomic mass is 35.5. The smallest absolute Gasteiger partial charge is 0.108 e. The lowest BCUT2D eigenvalue weighted by atomic mass is 10.1. The van der Waals surface area contributed by atoms with Crippen LogP contribution in [0.1, 0.15) is 23.1 Å². The SMILES string of the molecule is Cc1cnc(C(NN)c2c(Cl)cnn2C)cn1. The molecule has 2 heterocycles. The molecule has 0 fully saturated rings. The number of nitrogens with two attached hydrogens (primary N) is 1. The predicted octanol–water partition coefficient (Wildman–Crippen LogP) is 0.725. The summed E-state index contributed by atoms with van der Waals surface area (Å²) in [5.74, 6) is 5.55. The molecule has 0 aliphatic rings. The van der Waals surface area contributed by atoms with Crippen LogP contribution in [0.4, 0.5) is 0 Å². The molecule has 0 bridgehead atoms. The molecule has 2 aromatic heterocycles. The van der Waals surface area contributed by atoms with E-state index in [0.717, 1.165) is 11.4 Å². The van der Waals surface area contributed by atoms with Crippen molar-refractivity contribution in [3.63, 3.8) is 0 Å². The van der Waals surface area contributed by atoms with Gasteiger partial charge in [0.1, 0.15) is 6.04 Å². The number of halogens is 1. The number of nitrogens with one attached hydrogen (secondary N) is 1. The third kappa shape index (κ3) is 2.28. The molecule has 17 heavy (non-hydrogen) atoms. The van der Waals surface area contributed by atoms with Gasteiger partial charge in [0.2, 0.25) is 0 Å². The molecule has 0 spiro atoms. The highest BCUT2D eigenvalue weighted by Gasteiger charge is 2.21. The molecule has 0 aromatic carbocycles. The first-order valence-electron chi connectivity index (χ1n) is 5.05. The summed E-state index contributed by atoms with van der Waals surface area (Å²) in [6.45, 7) is 1.87. The van der Waals surface area contributed by atoms with E-state index in [1.807, 2.05) is 6.92 Å². The number of aryl methyl sites for hydroxylation is 2. The zero-order valence-electron chi connectivity index (χ0n) is 9.55. The van der Waals surface area contributed by atoms with Crippen molar-refractivity contribution in [3.05, 3.63) is 40.7 Å². The molecule has 7 heteroatoms. The first-order valence-corrected chi connectivity index (χ1v) is 5.43. The number of hydrazine groups is 1. The van der Waals surface area contributed by atoms with Crippen molar-refractivity contribution in [1.29, 1.82) is 0 Å². The summed E-state index contributed by atoms with van der Waals surface area (Å²) in [7, 11) is 1.80. The molecule has 3 N–H and O–H groups in total. The molecule has 6 nitrogen and oxygen atoms in total. The number of rotatable bonds is 3. The van der Waals surface area contributed by atoms with Crippen molar-refractivity contribution in [2.24, 2.45) is 12.9 Å². The van der Waals surface area contributed by atoms with Gasteiger partial charge < -0.3 is 0 Å². The van der Waals surface area contributed by atoms with Crippen LogP contribution in [0.2, 0.25) is 5.02 Å². The fraction of sp³-hybridized carbons (Fsp3) is 0.300. The zero-order valence-corrected chi connectivity index (χ0v) is 10.3. The monoisotopic (exact) mass is 252 g/mol. The molecular formula is C10H13ClN6. The van der Waals surface area contributed by atoms with Crippen molar-refractivity contribution in [2.75, 3.05) is 0 Å². The van der Waals surface area contributed by atoms with Gasteiger partial charge in [0, 0.05) is 13.2 Å². The predicted molar refractivity (Wildman–Crippen MR) is 64.2 cm³/mol. The molecule has 0 saturated carbocycles. The molecule has 90 valence electrons. The fourth-order valence-electron chi connectivity index (χ4n) is 1.60. The van der Waals surface area contributed by atoms with E-state index in [-0.39, 0.29) is 6.04 Å². The third-order valence-corrected chi connectivity index (χ3v) is 2.77. The number of nitrogens with zero attached hydrogens (tertiary/aromatic N) is 4. The van der Waals surface area contributed by atoms with Crippen LogP contribution >= 0.6 is 11.6 Å². The first kappa shape index (κ1) is 12.0. The summed E-state index contributed by atoms with van der Waals surface area (Å²) < 4.78 is 1.66. The van der Waals surface area contributed by atoms with Gasteiger partial charge in [-0.15, -0.1) is 0 Å². The van der Waals surface area contributed by atoms with E-state index in [9.17, 15) is 0 Å². The van der Waals surface area contributed by atoms with Gasteiger partial charge in [0.05, 0.1) is 34.5 Å². The van der Waals surface area contributed by atoms with Crippen molar-refractivity contribution >= 4 is 11.6 Å². The molecule has 0 aliphatic heterocycles. The van der Waals surface area contributed by atoms with Crippen molar-refractivity contribution in [2.45, 2.75) is 13.0 Å². The van der Waals surface area contributed by atoms with Gasteiger partial charge in [-0.25, -0.2) is 5.43 Å². The zero-order chi connectivity index (χ0) is 12.4. The van der Waals surface area contributed by atoms with E-state index >= 15 is 0 Å². The van der Waals surface area contributed by atoms with Gasteiger partial charge in [0.15, 0.2) is 0 Å². The average Bonchev–Trinajstić information content (AvgIpc) is 2.64. The minimum absolute atomic E-state index is 0.330. The van der Waals surface area contributed by atoms with Crippen molar-refractivity contribution in [1.82, 2.24) is 25.2 Å². The second kappa shape index (κ2) is 4.79. The Balaban J connectivity index is 2.43. The standard InChI is InChI=1S/C10H13ClN6/c1-6-3-14-8(5-13-6)9(16-12)10-7(11)4-15-17(10)2/h3-5,9,16H,12H2,1-2H3. The summed E-state index contributed by atoms with van der Waals surface area (Å²) in [5.41, 5.74) is 4.98. The lowest BCUT2D eigenvalue weighted by Gasteiger charge is -2.16. The molecular weight excluding hydrogens is 240 g/mol. The third-order valence-electron chi connectivity index (χ3n) is 2.47. The molecule has 2 aromatic rings. The van der Waals surface area contributed by atoms with Crippen LogP contribution in [0.25, 0.3) is 0 Å². The minimum Gasteiger partial charge on any atom is -0.270 e. The maximum absolute atomic E-state index is 6.07. The van der Waals surface area contributed by atoms with Crippen LogP contribution in [-0.4, -0.2) is 19.7 Å². The molecule has 0 radical (unpaired) electrons. The molecule has 1 unspecified atom stereocenters. The number of hydrogen-bond acceptors (Lipinski definition) is 5. The summed E-state index contributed by atoms with van der Waals surface area (Å²) in [5, 5.41) is 4.61. The highest BCUT2D eigenvalue weighted by molar-refractivity contribution is 6.31. The van der Waals surface area contributed by atoms with Crippen LogP contribution < -0.4 is 11.3 Å². The molecule has 1 atom stereocenters. The van der Waals surface area contributed by atoms with E-state index < -0.39 is 0 Å². The highest BCUT2D eigenvalue weighted by Crippen LogP contribution is 2.25. The number of hydrogen-bond donors (Lipinski definition) is 2. The molecule has 0 amide bonds. The Morgan fingerprint density at radius 1 is 1.35 bits per heavy atom. The summed E-state index contributed by atoms with van der Waals surface area (Å²) >= 11 is 6.07. The fourth-order valence-corrected chi connectivity index (χ4v) is 1.88. The van der Waals surface area contributed by atoms with Gasteiger partial charge in [0.25, 0.3) is 0 Å². The van der Waals surface area contributed by atoms with Gasteiger partial charge >= 0.3 is 0 Å². The summed E-state index contributed by atoms with van der Waals surface area (Å²) in [6, 6.07) is -0.330. The molecule has 0 aliphatic carbocycles. The second-order valence-corrected chi connectivity index (χ2v) is 4.09. The minimum atomic E-state index is -0.330. The topological polar surface area (TPSA) is 81.6 Å². The lowest BCUT2D eigenvalue weighted by molar-refractivity contribution is 0.561. The Bertz CT molecular complexity index is 487. The van der Waals surface area contributed by atoms with E-state index in [1.54, 1.807) is 30.3 Å². The van der Waals surface area contributed by atoms with E-state index in [2.05, 4.69) is 20.5 Å². The van der Waals surface area contributed by atoms with Gasteiger partial charge in [-0.3, -0.25) is 20.5 Å².